The summed E-state index contributed by atoms with van der Waals surface area (Å²) in [4.78, 5) is 0. The van der Waals surface area contributed by atoms with E-state index in [1.165, 1.54) is 0 Å². The van der Waals surface area contributed by atoms with Crippen molar-refractivity contribution in [3.8, 4) is 5.75 Å². The van der Waals surface area contributed by atoms with Crippen molar-refractivity contribution >= 4 is 24.0 Å². The molecule has 0 fully saturated rings. The molecule has 0 aliphatic carbocycles. The molecule has 0 spiro atoms. The highest BCUT2D eigenvalue weighted by molar-refractivity contribution is 7.83. The molecule has 1 aromatic heterocycles. The highest BCUT2D eigenvalue weighted by Crippen LogP contribution is 2.27. The lowest BCUT2D eigenvalue weighted by atomic mass is 10.6. The van der Waals surface area contributed by atoms with Gasteiger partial charge in [-0.15, -0.1) is 24.0 Å². The quantitative estimate of drug-likeness (QED) is 0.596. The first-order valence-corrected chi connectivity index (χ1v) is 3.47. The van der Waals surface area contributed by atoms with E-state index >= 15 is 0 Å². The Labute approximate surface area is 57.7 Å². The van der Waals surface area contributed by atoms with Crippen molar-refractivity contribution in [3.05, 3.63) is 11.4 Å². The predicted octanol–water partition coefficient (Wildman–Crippen LogP) is 2.05. The Balaban J connectivity index is 2.92. The molecule has 0 atom stereocenters. The number of ether oxygens (including phenoxy) is 1. The van der Waals surface area contributed by atoms with Crippen molar-refractivity contribution in [2.45, 2.75) is 4.21 Å². The summed E-state index contributed by atoms with van der Waals surface area (Å²) in [6.45, 7) is 0. The van der Waals surface area contributed by atoms with Gasteiger partial charge in [0.05, 0.1) is 11.3 Å². The highest BCUT2D eigenvalue weighted by atomic mass is 32.2. The fourth-order valence-electron chi connectivity index (χ4n) is 0.445. The van der Waals surface area contributed by atoms with E-state index in [4.69, 9.17) is 4.74 Å². The smallest absolute Gasteiger partial charge is 0.143 e. The molecular weight excluding hydrogens is 140 g/mol. The van der Waals surface area contributed by atoms with E-state index in [2.05, 4.69) is 12.6 Å². The molecule has 0 amide bonds. The van der Waals surface area contributed by atoms with Gasteiger partial charge >= 0.3 is 0 Å². The van der Waals surface area contributed by atoms with Crippen molar-refractivity contribution in [2.24, 2.45) is 0 Å². The molecule has 1 rings (SSSR count). The maximum atomic E-state index is 4.92. The third kappa shape index (κ3) is 0.980. The molecule has 0 unspecified atom stereocenters. The van der Waals surface area contributed by atoms with Crippen LogP contribution >= 0.6 is 24.0 Å². The van der Waals surface area contributed by atoms with E-state index < -0.39 is 0 Å². The number of thiol groups is 1. The van der Waals surface area contributed by atoms with Crippen LogP contribution in [0.25, 0.3) is 0 Å². The van der Waals surface area contributed by atoms with Crippen LogP contribution in [0.2, 0.25) is 0 Å². The summed E-state index contributed by atoms with van der Waals surface area (Å²) in [7, 11) is 1.64. The van der Waals surface area contributed by atoms with Crippen molar-refractivity contribution < 1.29 is 4.74 Å². The Kier molecular flexibility index (Phi) is 1.81. The summed E-state index contributed by atoms with van der Waals surface area (Å²) in [5, 5.41) is 1.95. The Morgan fingerprint density at radius 1 is 1.75 bits per heavy atom. The molecule has 0 aliphatic rings. The van der Waals surface area contributed by atoms with Gasteiger partial charge in [-0.05, 0) is 11.4 Å². The number of hydrogen-bond acceptors (Lipinski definition) is 3. The molecule has 0 saturated carbocycles. The molecule has 1 nitrogen and oxygen atoms in total. The SMILES string of the molecule is COc1ccsc1S. The van der Waals surface area contributed by atoms with Gasteiger partial charge in [-0.2, -0.15) is 0 Å². The summed E-state index contributed by atoms with van der Waals surface area (Å²) in [6, 6.07) is 1.90. The molecule has 1 heterocycles. The topological polar surface area (TPSA) is 9.23 Å². The largest absolute Gasteiger partial charge is 0.495 e. The molecule has 0 N–H and O–H groups in total. The normalized spacial score (nSPS) is 9.25. The fraction of sp³-hybridized carbons (Fsp3) is 0.200. The van der Waals surface area contributed by atoms with Gasteiger partial charge in [0.15, 0.2) is 0 Å². The lowest BCUT2D eigenvalue weighted by Gasteiger charge is -1.91. The Morgan fingerprint density at radius 2 is 2.50 bits per heavy atom. The van der Waals surface area contributed by atoms with Crippen LogP contribution in [-0.4, -0.2) is 7.11 Å². The fourth-order valence-corrected chi connectivity index (χ4v) is 1.38. The van der Waals surface area contributed by atoms with E-state index in [1.54, 1.807) is 18.4 Å². The average molecular weight is 146 g/mol. The van der Waals surface area contributed by atoms with Gasteiger partial charge in [-0.1, -0.05) is 0 Å². The van der Waals surface area contributed by atoms with Crippen molar-refractivity contribution in [1.82, 2.24) is 0 Å². The Morgan fingerprint density at radius 3 is 2.75 bits per heavy atom. The number of rotatable bonds is 1. The molecule has 0 saturated heterocycles. The summed E-state index contributed by atoms with van der Waals surface area (Å²) in [5.41, 5.74) is 0. The monoisotopic (exact) mass is 146 g/mol. The van der Waals surface area contributed by atoms with E-state index in [0.29, 0.717) is 0 Å². The second-order valence-electron chi connectivity index (χ2n) is 1.29. The average Bonchev–Trinajstić information content (AvgIpc) is 2.14. The highest BCUT2D eigenvalue weighted by Gasteiger charge is 1.95. The number of hydrogen-bond donors (Lipinski definition) is 1. The van der Waals surface area contributed by atoms with E-state index in [-0.39, 0.29) is 0 Å². The van der Waals surface area contributed by atoms with Crippen LogP contribution in [0.15, 0.2) is 15.7 Å². The van der Waals surface area contributed by atoms with Gasteiger partial charge in [0.2, 0.25) is 0 Å². The van der Waals surface area contributed by atoms with E-state index in [0.717, 1.165) is 9.96 Å². The third-order valence-electron chi connectivity index (χ3n) is 0.830. The standard InChI is InChI=1S/C5H6OS2/c1-6-4-2-3-8-5(4)7/h2-3,7H,1H3. The Hall–Kier alpha value is -0.150. The first kappa shape index (κ1) is 5.98. The van der Waals surface area contributed by atoms with Gasteiger partial charge in [-0.3, -0.25) is 0 Å². The first-order chi connectivity index (χ1) is 3.84. The zero-order valence-electron chi connectivity index (χ0n) is 4.42. The zero-order chi connectivity index (χ0) is 5.98. The van der Waals surface area contributed by atoms with Crippen LogP contribution in [0.4, 0.5) is 0 Å². The minimum atomic E-state index is 0.860. The molecule has 1 aromatic rings. The van der Waals surface area contributed by atoms with Crippen LogP contribution in [0.3, 0.4) is 0 Å². The maximum absolute atomic E-state index is 4.92. The summed E-state index contributed by atoms with van der Waals surface area (Å²) < 4.78 is 5.86. The van der Waals surface area contributed by atoms with Crippen molar-refractivity contribution in [3.63, 3.8) is 0 Å². The molecule has 0 radical (unpaired) electrons. The van der Waals surface area contributed by atoms with Gasteiger partial charge in [0, 0.05) is 0 Å². The maximum Gasteiger partial charge on any atom is 0.143 e. The second-order valence-corrected chi connectivity index (χ2v) is 2.96. The van der Waals surface area contributed by atoms with Crippen LogP contribution in [0.1, 0.15) is 0 Å². The van der Waals surface area contributed by atoms with Crippen LogP contribution < -0.4 is 4.74 Å². The minimum Gasteiger partial charge on any atom is -0.495 e. The Bertz CT molecular complexity index is 171. The summed E-state index contributed by atoms with van der Waals surface area (Å²) in [5.74, 6) is 0.860. The van der Waals surface area contributed by atoms with Gasteiger partial charge in [0.25, 0.3) is 0 Å². The molecule has 0 bridgehead atoms. The molecule has 44 valence electrons. The zero-order valence-corrected chi connectivity index (χ0v) is 6.13. The lowest BCUT2D eigenvalue weighted by Crippen LogP contribution is -1.77. The summed E-state index contributed by atoms with van der Waals surface area (Å²) >= 11 is 5.69. The molecule has 0 aromatic carbocycles. The van der Waals surface area contributed by atoms with Gasteiger partial charge < -0.3 is 4.74 Å². The van der Waals surface area contributed by atoms with Crippen molar-refractivity contribution in [2.75, 3.05) is 7.11 Å². The van der Waals surface area contributed by atoms with Crippen LogP contribution in [0, 0.1) is 0 Å². The predicted molar refractivity (Wildman–Crippen MR) is 38.1 cm³/mol. The van der Waals surface area contributed by atoms with E-state index in [9.17, 15) is 0 Å². The van der Waals surface area contributed by atoms with Gasteiger partial charge in [0.1, 0.15) is 5.75 Å². The number of thiophene rings is 1. The first-order valence-electron chi connectivity index (χ1n) is 2.15. The van der Waals surface area contributed by atoms with E-state index in [1.807, 2.05) is 11.4 Å². The third-order valence-corrected chi connectivity index (χ3v) is 2.06. The molecule has 8 heavy (non-hydrogen) atoms. The van der Waals surface area contributed by atoms with Crippen LogP contribution in [-0.2, 0) is 0 Å². The van der Waals surface area contributed by atoms with Crippen molar-refractivity contribution in [1.29, 1.82) is 0 Å². The second kappa shape index (κ2) is 2.42. The van der Waals surface area contributed by atoms with Gasteiger partial charge in [-0.25, -0.2) is 0 Å². The number of methoxy groups -OCH3 is 1. The summed E-state index contributed by atoms with van der Waals surface area (Å²) in [6.07, 6.45) is 0. The molecule has 0 aliphatic heterocycles. The molecular formula is C5H6OS2. The molecule has 3 heteroatoms. The lowest BCUT2D eigenvalue weighted by molar-refractivity contribution is 0.408. The minimum absolute atomic E-state index is 0.860. The van der Waals surface area contributed by atoms with Crippen LogP contribution in [0.5, 0.6) is 5.75 Å².